The van der Waals surface area contributed by atoms with E-state index in [0.29, 0.717) is 5.41 Å². The van der Waals surface area contributed by atoms with Crippen LogP contribution in [-0.2, 0) is 0 Å². The van der Waals surface area contributed by atoms with Crippen LogP contribution < -0.4 is 5.32 Å². The third-order valence-electron chi connectivity index (χ3n) is 5.32. The van der Waals surface area contributed by atoms with Crippen molar-refractivity contribution in [3.05, 3.63) is 35.9 Å². The van der Waals surface area contributed by atoms with Gasteiger partial charge in [0.25, 0.3) is 0 Å². The molecule has 1 aliphatic heterocycles. The molecule has 0 spiro atoms. The zero-order valence-electron chi connectivity index (χ0n) is 12.8. The Kier molecular flexibility index (Phi) is 4.42. The first kappa shape index (κ1) is 14.1. The summed E-state index contributed by atoms with van der Waals surface area (Å²) in [6.45, 7) is 5.04. The number of rotatable bonds is 5. The van der Waals surface area contributed by atoms with E-state index < -0.39 is 0 Å². The number of benzene rings is 1. The minimum atomic E-state index is 0.556. The maximum atomic E-state index is 3.44. The molecule has 20 heavy (non-hydrogen) atoms. The molecule has 1 unspecified atom stereocenters. The van der Waals surface area contributed by atoms with Gasteiger partial charge in [0.1, 0.15) is 0 Å². The summed E-state index contributed by atoms with van der Waals surface area (Å²) in [7, 11) is 2.11. The monoisotopic (exact) mass is 272 g/mol. The zero-order valence-corrected chi connectivity index (χ0v) is 12.8. The van der Waals surface area contributed by atoms with Crippen molar-refractivity contribution in [2.24, 2.45) is 5.41 Å². The normalized spacial score (nSPS) is 26.1. The van der Waals surface area contributed by atoms with Gasteiger partial charge in [-0.15, -0.1) is 0 Å². The van der Waals surface area contributed by atoms with Crippen molar-refractivity contribution in [1.82, 2.24) is 10.2 Å². The first-order valence-corrected chi connectivity index (χ1v) is 8.23. The molecule has 1 aromatic carbocycles. The quantitative estimate of drug-likeness (QED) is 0.885. The minimum Gasteiger partial charge on any atom is -0.319 e. The Hall–Kier alpha value is -0.860. The van der Waals surface area contributed by atoms with E-state index >= 15 is 0 Å². The Balaban J connectivity index is 1.60. The average Bonchev–Trinajstić information content (AvgIpc) is 3.11. The topological polar surface area (TPSA) is 15.3 Å². The first-order valence-electron chi connectivity index (χ1n) is 8.23. The summed E-state index contributed by atoms with van der Waals surface area (Å²) in [6, 6.07) is 11.1. The molecule has 1 aromatic rings. The second kappa shape index (κ2) is 6.28. The van der Waals surface area contributed by atoms with Gasteiger partial charge in [-0.2, -0.15) is 0 Å². The number of hydrogen-bond donors (Lipinski definition) is 1. The first-order chi connectivity index (χ1) is 9.81. The molecule has 1 atom stereocenters. The Morgan fingerprint density at radius 2 is 1.95 bits per heavy atom. The van der Waals surface area contributed by atoms with Crippen LogP contribution in [0.1, 0.15) is 43.6 Å². The Morgan fingerprint density at radius 3 is 2.65 bits per heavy atom. The molecule has 2 fully saturated rings. The molecule has 1 heterocycles. The molecular weight excluding hydrogens is 244 g/mol. The van der Waals surface area contributed by atoms with Gasteiger partial charge in [-0.3, -0.25) is 0 Å². The van der Waals surface area contributed by atoms with Crippen LogP contribution in [0.25, 0.3) is 0 Å². The van der Waals surface area contributed by atoms with Crippen molar-refractivity contribution >= 4 is 0 Å². The van der Waals surface area contributed by atoms with E-state index in [2.05, 4.69) is 47.6 Å². The molecule has 3 rings (SSSR count). The molecule has 2 heteroatoms. The van der Waals surface area contributed by atoms with Crippen molar-refractivity contribution in [2.75, 3.05) is 33.2 Å². The smallest absolute Gasteiger partial charge is 0.00510 e. The summed E-state index contributed by atoms with van der Waals surface area (Å²) >= 11 is 0. The van der Waals surface area contributed by atoms with Crippen LogP contribution in [0.15, 0.2) is 30.3 Å². The highest BCUT2D eigenvalue weighted by Gasteiger charge is 2.36. The fraction of sp³-hybridized carbons (Fsp3) is 0.667. The number of nitrogens with one attached hydrogen (secondary N) is 1. The fourth-order valence-electron chi connectivity index (χ4n) is 4.34. The lowest BCUT2D eigenvalue weighted by Gasteiger charge is -2.33. The summed E-state index contributed by atoms with van der Waals surface area (Å²) < 4.78 is 0. The summed E-state index contributed by atoms with van der Waals surface area (Å²) in [4.78, 5) is 2.72. The van der Waals surface area contributed by atoms with E-state index in [4.69, 9.17) is 0 Å². The Morgan fingerprint density at radius 1 is 1.20 bits per heavy atom. The minimum absolute atomic E-state index is 0.556. The Bertz CT molecular complexity index is 409. The van der Waals surface area contributed by atoms with E-state index in [1.165, 1.54) is 63.8 Å². The van der Waals surface area contributed by atoms with Crippen molar-refractivity contribution in [3.63, 3.8) is 0 Å². The van der Waals surface area contributed by atoms with E-state index in [0.717, 1.165) is 5.92 Å². The van der Waals surface area contributed by atoms with Crippen LogP contribution in [-0.4, -0.2) is 38.1 Å². The van der Waals surface area contributed by atoms with Gasteiger partial charge < -0.3 is 10.2 Å². The van der Waals surface area contributed by atoms with Gasteiger partial charge in [0.05, 0.1) is 0 Å². The molecule has 110 valence electrons. The average molecular weight is 272 g/mol. The summed E-state index contributed by atoms with van der Waals surface area (Å²) in [5.74, 6) is 0.754. The zero-order chi connectivity index (χ0) is 13.8. The summed E-state index contributed by atoms with van der Waals surface area (Å²) in [5.41, 5.74) is 2.09. The highest BCUT2D eigenvalue weighted by molar-refractivity contribution is 5.21. The van der Waals surface area contributed by atoms with Gasteiger partial charge in [-0.25, -0.2) is 0 Å². The highest BCUT2D eigenvalue weighted by Crippen LogP contribution is 2.40. The maximum absolute atomic E-state index is 3.44. The van der Waals surface area contributed by atoms with E-state index in [1.807, 2.05) is 0 Å². The van der Waals surface area contributed by atoms with Crippen molar-refractivity contribution in [1.29, 1.82) is 0 Å². The molecule has 1 N–H and O–H groups in total. The second-order valence-electron chi connectivity index (χ2n) is 6.87. The van der Waals surface area contributed by atoms with Gasteiger partial charge in [0.2, 0.25) is 0 Å². The highest BCUT2D eigenvalue weighted by atomic mass is 15.2. The Labute approximate surface area is 123 Å². The molecule has 1 saturated carbocycles. The number of hydrogen-bond acceptors (Lipinski definition) is 2. The van der Waals surface area contributed by atoms with Gasteiger partial charge >= 0.3 is 0 Å². The molecule has 2 aliphatic rings. The van der Waals surface area contributed by atoms with Crippen molar-refractivity contribution in [3.8, 4) is 0 Å². The molecule has 1 aliphatic carbocycles. The lowest BCUT2D eigenvalue weighted by molar-refractivity contribution is 0.173. The van der Waals surface area contributed by atoms with Gasteiger partial charge in [-0.1, -0.05) is 43.2 Å². The lowest BCUT2D eigenvalue weighted by atomic mass is 9.85. The molecule has 0 bridgehead atoms. The van der Waals surface area contributed by atoms with E-state index in [-0.39, 0.29) is 0 Å². The van der Waals surface area contributed by atoms with Gasteiger partial charge in [0, 0.05) is 19.6 Å². The molecule has 2 nitrogen and oxygen atoms in total. The lowest BCUT2D eigenvalue weighted by Crippen LogP contribution is -2.41. The predicted octanol–water partition coefficient (Wildman–Crippen LogP) is 3.26. The standard InChI is InChI=1S/C18H28N2/c1-19-14-18(10-5-6-11-18)15-20-12-9-17(13-20)16-7-3-2-4-8-16/h2-4,7-8,17,19H,5-6,9-15H2,1H3. The van der Waals surface area contributed by atoms with E-state index in [9.17, 15) is 0 Å². The van der Waals surface area contributed by atoms with Crippen LogP contribution in [0.4, 0.5) is 0 Å². The van der Waals surface area contributed by atoms with Gasteiger partial charge in [-0.05, 0) is 49.8 Å². The van der Waals surface area contributed by atoms with Crippen LogP contribution >= 0.6 is 0 Å². The third-order valence-corrected chi connectivity index (χ3v) is 5.32. The number of nitrogens with zero attached hydrogens (tertiary/aromatic N) is 1. The SMILES string of the molecule is CNCC1(CN2CCC(c3ccccc3)C2)CCCC1. The third kappa shape index (κ3) is 3.07. The molecule has 0 radical (unpaired) electrons. The van der Waals surface area contributed by atoms with Crippen molar-refractivity contribution < 1.29 is 0 Å². The van der Waals surface area contributed by atoms with Crippen LogP contribution in [0.2, 0.25) is 0 Å². The maximum Gasteiger partial charge on any atom is 0.00510 e. The molecule has 0 amide bonds. The summed E-state index contributed by atoms with van der Waals surface area (Å²) in [5, 5.41) is 3.44. The molecular formula is C18H28N2. The predicted molar refractivity (Wildman–Crippen MR) is 85.1 cm³/mol. The molecule has 1 saturated heterocycles. The fourth-order valence-corrected chi connectivity index (χ4v) is 4.34. The summed E-state index contributed by atoms with van der Waals surface area (Å²) in [6.07, 6.45) is 7.02. The van der Waals surface area contributed by atoms with Gasteiger partial charge in [0.15, 0.2) is 0 Å². The molecule has 0 aromatic heterocycles. The van der Waals surface area contributed by atoms with Crippen LogP contribution in [0.5, 0.6) is 0 Å². The van der Waals surface area contributed by atoms with E-state index in [1.54, 1.807) is 0 Å². The van der Waals surface area contributed by atoms with Crippen LogP contribution in [0.3, 0.4) is 0 Å². The van der Waals surface area contributed by atoms with Crippen molar-refractivity contribution in [2.45, 2.75) is 38.0 Å². The van der Waals surface area contributed by atoms with Crippen LogP contribution in [0, 0.1) is 5.41 Å². The largest absolute Gasteiger partial charge is 0.319 e. The second-order valence-corrected chi connectivity index (χ2v) is 6.87. The number of likely N-dealkylation sites (tertiary alicyclic amines) is 1.